The molecular weight excluding hydrogens is 227 g/mol. The van der Waals surface area contributed by atoms with Gasteiger partial charge in [-0.3, -0.25) is 0 Å². The van der Waals surface area contributed by atoms with Gasteiger partial charge >= 0.3 is 5.51 Å². The summed E-state index contributed by atoms with van der Waals surface area (Å²) in [5.41, 5.74) is -4.18. The van der Waals surface area contributed by atoms with Gasteiger partial charge in [-0.05, 0) is 12.1 Å². The number of halogens is 3. The molecule has 0 saturated carbocycles. The Bertz CT molecular complexity index is 492. The van der Waals surface area contributed by atoms with Crippen molar-refractivity contribution in [1.29, 1.82) is 0 Å². The van der Waals surface area contributed by atoms with Gasteiger partial charge in [0.1, 0.15) is 0 Å². The second kappa shape index (κ2) is 3.37. The second-order valence-electron chi connectivity index (χ2n) is 2.88. The molecule has 6 heteroatoms. The van der Waals surface area contributed by atoms with Gasteiger partial charge < -0.3 is 9.94 Å². The van der Waals surface area contributed by atoms with Crippen LogP contribution in [0.2, 0.25) is 0 Å². The summed E-state index contributed by atoms with van der Waals surface area (Å²) in [6.07, 6.45) is 0. The molecule has 0 radical (unpaired) electrons. The predicted molar refractivity (Wildman–Crippen MR) is 52.6 cm³/mol. The third-order valence-corrected chi connectivity index (χ3v) is 2.58. The van der Waals surface area contributed by atoms with E-state index in [1.165, 1.54) is 12.1 Å². The van der Waals surface area contributed by atoms with Gasteiger partial charge in [-0.15, -0.1) is 0 Å². The maximum atomic E-state index is 12.1. The van der Waals surface area contributed by atoms with Crippen molar-refractivity contribution in [3.8, 4) is 0 Å². The fraction of sp³-hybridized carbons (Fsp3) is 0.111. The van der Waals surface area contributed by atoms with E-state index in [4.69, 9.17) is 0 Å². The molecule has 0 N–H and O–H groups in total. The number of benzene rings is 1. The average Bonchev–Trinajstić information content (AvgIpc) is 2.42. The Morgan fingerprint density at radius 3 is 2.47 bits per heavy atom. The molecule has 80 valence electrons. The van der Waals surface area contributed by atoms with Crippen molar-refractivity contribution >= 4 is 22.7 Å². The number of aromatic nitrogens is 1. The zero-order valence-electron chi connectivity index (χ0n) is 7.28. The largest absolute Gasteiger partial charge is 0.805 e. The van der Waals surface area contributed by atoms with Crippen LogP contribution in [0.25, 0.3) is 10.9 Å². The Labute approximate surface area is 87.3 Å². The standard InChI is InChI=1S/C9H5F3NOS/c10-9(11,12)15-8-5-6-3-1-2-4-7(6)13(8)14/h1-5H/q-1. The van der Waals surface area contributed by atoms with Crippen LogP contribution in [0, 0.1) is 5.21 Å². The summed E-state index contributed by atoms with van der Waals surface area (Å²) in [5.74, 6) is 0. The second-order valence-corrected chi connectivity index (χ2v) is 3.97. The third-order valence-electron chi connectivity index (χ3n) is 1.85. The number of alkyl halides is 3. The Morgan fingerprint density at radius 1 is 1.20 bits per heavy atom. The van der Waals surface area contributed by atoms with Gasteiger partial charge in [0.15, 0.2) is 0 Å². The number of rotatable bonds is 1. The van der Waals surface area contributed by atoms with E-state index in [-0.39, 0.29) is 10.5 Å². The summed E-state index contributed by atoms with van der Waals surface area (Å²) in [4.78, 5) is 0. The van der Waals surface area contributed by atoms with E-state index < -0.39 is 17.3 Å². The molecule has 0 atom stereocenters. The number of nitrogens with zero attached hydrogens (tertiary/aromatic N) is 1. The number of hydrogen-bond donors (Lipinski definition) is 0. The van der Waals surface area contributed by atoms with E-state index in [2.05, 4.69) is 0 Å². The van der Waals surface area contributed by atoms with E-state index in [9.17, 15) is 18.4 Å². The van der Waals surface area contributed by atoms with Crippen molar-refractivity contribution in [3.63, 3.8) is 0 Å². The average molecular weight is 232 g/mol. The molecular formula is C9H5F3NOS-. The zero-order chi connectivity index (χ0) is 11.1. The molecule has 0 aliphatic rings. The molecule has 1 heterocycles. The van der Waals surface area contributed by atoms with Gasteiger partial charge in [0, 0.05) is 22.7 Å². The number of para-hydroxylation sites is 1. The van der Waals surface area contributed by atoms with Gasteiger partial charge in [-0.2, -0.15) is 13.2 Å². The van der Waals surface area contributed by atoms with Crippen molar-refractivity contribution in [1.82, 2.24) is 4.73 Å². The number of fused-ring (bicyclic) bond motifs is 1. The molecule has 2 rings (SSSR count). The first-order chi connectivity index (χ1) is 6.97. The lowest BCUT2D eigenvalue weighted by Gasteiger charge is -2.14. The molecule has 15 heavy (non-hydrogen) atoms. The van der Waals surface area contributed by atoms with Crippen LogP contribution in [-0.2, 0) is 0 Å². The molecule has 1 aromatic heterocycles. The maximum absolute atomic E-state index is 12.1. The maximum Gasteiger partial charge on any atom is 0.447 e. The van der Waals surface area contributed by atoms with Gasteiger partial charge in [0.25, 0.3) is 0 Å². The van der Waals surface area contributed by atoms with Crippen LogP contribution in [0.15, 0.2) is 35.4 Å². The first kappa shape index (κ1) is 10.2. The van der Waals surface area contributed by atoms with E-state index >= 15 is 0 Å². The summed E-state index contributed by atoms with van der Waals surface area (Å²) >= 11 is -0.396. The van der Waals surface area contributed by atoms with Crippen LogP contribution in [0.4, 0.5) is 13.2 Å². The predicted octanol–water partition coefficient (Wildman–Crippen LogP) is 3.60. The van der Waals surface area contributed by atoms with Crippen LogP contribution >= 0.6 is 11.8 Å². The minimum Gasteiger partial charge on any atom is -0.805 e. The van der Waals surface area contributed by atoms with Gasteiger partial charge in [-0.1, -0.05) is 18.2 Å². The third kappa shape index (κ3) is 2.04. The molecule has 0 aliphatic carbocycles. The molecule has 0 amide bonds. The fourth-order valence-corrected chi connectivity index (χ4v) is 1.90. The number of thioether (sulfide) groups is 1. The van der Waals surface area contributed by atoms with Crippen LogP contribution in [-0.4, -0.2) is 10.2 Å². The molecule has 2 aromatic rings. The highest BCUT2D eigenvalue weighted by atomic mass is 32.2. The molecule has 0 unspecified atom stereocenters. The van der Waals surface area contributed by atoms with Crippen LogP contribution < -0.4 is 0 Å². The lowest BCUT2D eigenvalue weighted by molar-refractivity contribution is -0.0329. The molecule has 0 aliphatic heterocycles. The smallest absolute Gasteiger partial charge is 0.447 e. The van der Waals surface area contributed by atoms with E-state index in [0.29, 0.717) is 10.1 Å². The van der Waals surface area contributed by atoms with Gasteiger partial charge in [0.2, 0.25) is 0 Å². The quantitative estimate of drug-likeness (QED) is 0.702. The van der Waals surface area contributed by atoms with Crippen molar-refractivity contribution in [2.24, 2.45) is 0 Å². The molecule has 0 saturated heterocycles. The van der Waals surface area contributed by atoms with E-state index in [1.807, 2.05) is 0 Å². The summed E-state index contributed by atoms with van der Waals surface area (Å²) in [5, 5.41) is 11.6. The lowest BCUT2D eigenvalue weighted by atomic mass is 10.3. The minimum atomic E-state index is -4.43. The van der Waals surface area contributed by atoms with Crippen molar-refractivity contribution in [2.45, 2.75) is 10.5 Å². The first-order valence-corrected chi connectivity index (χ1v) is 4.83. The highest BCUT2D eigenvalue weighted by Gasteiger charge is 2.30. The van der Waals surface area contributed by atoms with E-state index in [0.717, 1.165) is 0 Å². The first-order valence-electron chi connectivity index (χ1n) is 4.01. The van der Waals surface area contributed by atoms with Crippen molar-refractivity contribution in [2.75, 3.05) is 0 Å². The molecule has 0 bridgehead atoms. The van der Waals surface area contributed by atoms with Crippen molar-refractivity contribution in [3.05, 3.63) is 35.5 Å². The SMILES string of the molecule is [O-]n1c(SC(F)(F)F)cc2ccccc21. The van der Waals surface area contributed by atoms with Crippen LogP contribution in [0.3, 0.4) is 0 Å². The summed E-state index contributed by atoms with van der Waals surface area (Å²) < 4.78 is 36.5. The molecule has 2 nitrogen and oxygen atoms in total. The van der Waals surface area contributed by atoms with Crippen molar-refractivity contribution < 1.29 is 13.2 Å². The van der Waals surface area contributed by atoms with Crippen LogP contribution in [0.5, 0.6) is 0 Å². The Kier molecular flexibility index (Phi) is 2.30. The Balaban J connectivity index is 2.49. The van der Waals surface area contributed by atoms with Gasteiger partial charge in [-0.25, -0.2) is 0 Å². The molecule has 0 fully saturated rings. The Morgan fingerprint density at radius 2 is 1.87 bits per heavy atom. The highest BCUT2D eigenvalue weighted by molar-refractivity contribution is 8.00. The number of hydrogen-bond acceptors (Lipinski definition) is 2. The van der Waals surface area contributed by atoms with Crippen LogP contribution in [0.1, 0.15) is 0 Å². The van der Waals surface area contributed by atoms with Gasteiger partial charge in [0.05, 0.1) is 5.03 Å². The summed E-state index contributed by atoms with van der Waals surface area (Å²) in [7, 11) is 0. The summed E-state index contributed by atoms with van der Waals surface area (Å²) in [6.45, 7) is 0. The molecule has 1 aromatic carbocycles. The molecule has 0 spiro atoms. The van der Waals surface area contributed by atoms with E-state index in [1.54, 1.807) is 18.2 Å². The minimum absolute atomic E-state index is 0.254. The lowest BCUT2D eigenvalue weighted by Crippen LogP contribution is -2.01. The monoisotopic (exact) mass is 232 g/mol. The normalized spacial score (nSPS) is 12.2. The summed E-state index contributed by atoms with van der Waals surface area (Å²) in [6, 6.07) is 7.61. The highest BCUT2D eigenvalue weighted by Crippen LogP contribution is 2.38. The zero-order valence-corrected chi connectivity index (χ0v) is 8.10. The topological polar surface area (TPSA) is 28.0 Å². The fourth-order valence-electron chi connectivity index (χ4n) is 1.29. The Hall–Kier alpha value is -1.30.